The zero-order valence-electron chi connectivity index (χ0n) is 19.3. The fourth-order valence-electron chi connectivity index (χ4n) is 3.17. The number of rotatable bonds is 15. The number of carbonyl (C=O) groups is 2. The Bertz CT molecular complexity index is 769. The van der Waals surface area contributed by atoms with Gasteiger partial charge in [-0.25, -0.2) is 0 Å². The number of para-hydroxylation sites is 2. The van der Waals surface area contributed by atoms with E-state index in [-0.39, 0.29) is 11.8 Å². The number of hydrogen-bond donors (Lipinski definition) is 2. The molecule has 2 amide bonds. The van der Waals surface area contributed by atoms with Crippen molar-refractivity contribution in [2.45, 2.75) is 52.4 Å². The summed E-state index contributed by atoms with van der Waals surface area (Å²) in [5.74, 6) is 0.730. The SMILES string of the molecule is CCCCCOc1ccccc1C(=O)NCCNC(=O)c1ccccc1OCCCCC. The van der Waals surface area contributed by atoms with Gasteiger partial charge in [0.25, 0.3) is 11.8 Å². The predicted octanol–water partition coefficient (Wildman–Crippen LogP) is 4.98. The maximum absolute atomic E-state index is 12.6. The highest BCUT2D eigenvalue weighted by Crippen LogP contribution is 2.19. The molecule has 0 unspecified atom stereocenters. The minimum Gasteiger partial charge on any atom is -0.493 e. The molecule has 0 aliphatic heterocycles. The second-order valence-electron chi connectivity index (χ2n) is 7.62. The molecule has 0 atom stereocenters. The summed E-state index contributed by atoms with van der Waals surface area (Å²) in [7, 11) is 0. The number of unbranched alkanes of at least 4 members (excludes halogenated alkanes) is 4. The minimum atomic E-state index is -0.218. The van der Waals surface area contributed by atoms with Crippen molar-refractivity contribution in [2.75, 3.05) is 26.3 Å². The molecule has 0 saturated carbocycles. The maximum atomic E-state index is 12.6. The number of carbonyl (C=O) groups excluding carboxylic acids is 2. The van der Waals surface area contributed by atoms with E-state index in [2.05, 4.69) is 24.5 Å². The Morgan fingerprint density at radius 2 is 1.06 bits per heavy atom. The first kappa shape index (κ1) is 25.2. The second kappa shape index (κ2) is 14.9. The Kier molecular flexibility index (Phi) is 11.7. The Hall–Kier alpha value is -3.02. The summed E-state index contributed by atoms with van der Waals surface area (Å²) in [6.07, 6.45) is 6.35. The first-order chi connectivity index (χ1) is 15.7. The van der Waals surface area contributed by atoms with E-state index in [0.717, 1.165) is 38.5 Å². The molecule has 0 spiro atoms. The van der Waals surface area contributed by atoms with Gasteiger partial charge in [-0.1, -0.05) is 63.8 Å². The van der Waals surface area contributed by atoms with Gasteiger partial charge in [-0.2, -0.15) is 0 Å². The van der Waals surface area contributed by atoms with Crippen LogP contribution in [0.15, 0.2) is 48.5 Å². The summed E-state index contributed by atoms with van der Waals surface area (Å²) in [6.45, 7) is 6.09. The highest BCUT2D eigenvalue weighted by Gasteiger charge is 2.13. The van der Waals surface area contributed by atoms with Crippen LogP contribution in [0.2, 0.25) is 0 Å². The fourth-order valence-corrected chi connectivity index (χ4v) is 3.17. The van der Waals surface area contributed by atoms with E-state index >= 15 is 0 Å². The van der Waals surface area contributed by atoms with Gasteiger partial charge in [-0.15, -0.1) is 0 Å². The molecule has 0 aromatic heterocycles. The summed E-state index contributed by atoms with van der Waals surface area (Å²) < 4.78 is 11.6. The lowest BCUT2D eigenvalue weighted by molar-refractivity contribution is 0.0923. The molecule has 6 heteroatoms. The first-order valence-corrected chi connectivity index (χ1v) is 11.7. The molecule has 2 rings (SSSR count). The molecule has 0 saturated heterocycles. The van der Waals surface area contributed by atoms with Crippen molar-refractivity contribution in [3.05, 3.63) is 59.7 Å². The highest BCUT2D eigenvalue weighted by atomic mass is 16.5. The molecule has 174 valence electrons. The van der Waals surface area contributed by atoms with Crippen LogP contribution >= 0.6 is 0 Å². The van der Waals surface area contributed by atoms with Crippen LogP contribution in [0.5, 0.6) is 11.5 Å². The maximum Gasteiger partial charge on any atom is 0.255 e. The standard InChI is InChI=1S/C26H36N2O4/c1-3-5-11-19-31-23-15-9-7-13-21(23)25(29)27-17-18-28-26(30)22-14-8-10-16-24(22)32-20-12-6-4-2/h7-10,13-16H,3-6,11-12,17-20H2,1-2H3,(H,27,29)(H,28,30). The Balaban J connectivity index is 1.80. The largest absolute Gasteiger partial charge is 0.493 e. The fraction of sp³-hybridized carbons (Fsp3) is 0.462. The van der Waals surface area contributed by atoms with E-state index in [4.69, 9.17) is 9.47 Å². The molecule has 0 aliphatic carbocycles. The minimum absolute atomic E-state index is 0.218. The third-order valence-electron chi connectivity index (χ3n) is 4.97. The summed E-state index contributed by atoms with van der Waals surface area (Å²) in [4.78, 5) is 25.1. The number of benzene rings is 2. The van der Waals surface area contributed by atoms with Crippen molar-refractivity contribution < 1.29 is 19.1 Å². The van der Waals surface area contributed by atoms with Gasteiger partial charge >= 0.3 is 0 Å². The van der Waals surface area contributed by atoms with E-state index in [1.165, 1.54) is 0 Å². The van der Waals surface area contributed by atoms with Crippen molar-refractivity contribution in [3.8, 4) is 11.5 Å². The molecule has 0 radical (unpaired) electrons. The van der Waals surface area contributed by atoms with Crippen molar-refractivity contribution in [3.63, 3.8) is 0 Å². The van der Waals surface area contributed by atoms with Gasteiger partial charge in [0, 0.05) is 13.1 Å². The quantitative estimate of drug-likeness (QED) is 0.383. The molecule has 0 aliphatic rings. The summed E-state index contributed by atoms with van der Waals surface area (Å²) in [5.41, 5.74) is 1.00. The lowest BCUT2D eigenvalue weighted by atomic mass is 10.2. The molecular formula is C26H36N2O4. The van der Waals surface area contributed by atoms with Gasteiger partial charge in [0.15, 0.2) is 0 Å². The van der Waals surface area contributed by atoms with E-state index in [1.807, 2.05) is 24.3 Å². The molecule has 6 nitrogen and oxygen atoms in total. The van der Waals surface area contributed by atoms with Crippen LogP contribution in [0.4, 0.5) is 0 Å². The highest BCUT2D eigenvalue weighted by molar-refractivity contribution is 5.98. The number of hydrogen-bond acceptors (Lipinski definition) is 4. The third-order valence-corrected chi connectivity index (χ3v) is 4.97. The molecule has 0 fully saturated rings. The normalized spacial score (nSPS) is 10.4. The first-order valence-electron chi connectivity index (χ1n) is 11.7. The summed E-state index contributed by atoms with van der Waals surface area (Å²) in [6, 6.07) is 14.4. The number of amides is 2. The molecule has 0 bridgehead atoms. The van der Waals surface area contributed by atoms with Crippen molar-refractivity contribution in [2.24, 2.45) is 0 Å². The van der Waals surface area contributed by atoms with Crippen LogP contribution in [0, 0.1) is 0 Å². The zero-order valence-corrected chi connectivity index (χ0v) is 19.3. The van der Waals surface area contributed by atoms with Crippen LogP contribution < -0.4 is 20.1 Å². The van der Waals surface area contributed by atoms with Crippen LogP contribution in [0.3, 0.4) is 0 Å². The average molecular weight is 441 g/mol. The Morgan fingerprint density at radius 3 is 1.47 bits per heavy atom. The van der Waals surface area contributed by atoms with Crippen LogP contribution in [-0.2, 0) is 0 Å². The van der Waals surface area contributed by atoms with E-state index in [0.29, 0.717) is 48.9 Å². The van der Waals surface area contributed by atoms with Crippen molar-refractivity contribution >= 4 is 11.8 Å². The Labute approximate surface area is 191 Å². The topological polar surface area (TPSA) is 76.7 Å². The van der Waals surface area contributed by atoms with Crippen LogP contribution in [-0.4, -0.2) is 38.1 Å². The van der Waals surface area contributed by atoms with Crippen molar-refractivity contribution in [1.29, 1.82) is 0 Å². The van der Waals surface area contributed by atoms with Gasteiger partial charge < -0.3 is 20.1 Å². The van der Waals surface area contributed by atoms with Gasteiger partial charge in [0.2, 0.25) is 0 Å². The molecule has 2 N–H and O–H groups in total. The zero-order chi connectivity index (χ0) is 23.0. The number of ether oxygens (including phenoxy) is 2. The van der Waals surface area contributed by atoms with E-state index in [9.17, 15) is 9.59 Å². The van der Waals surface area contributed by atoms with E-state index < -0.39 is 0 Å². The number of nitrogens with one attached hydrogen (secondary N) is 2. The summed E-state index contributed by atoms with van der Waals surface area (Å²) >= 11 is 0. The second-order valence-corrected chi connectivity index (χ2v) is 7.62. The lowest BCUT2D eigenvalue weighted by Gasteiger charge is -2.13. The molecule has 32 heavy (non-hydrogen) atoms. The van der Waals surface area contributed by atoms with Gasteiger partial charge in [-0.3, -0.25) is 9.59 Å². The van der Waals surface area contributed by atoms with Gasteiger partial charge in [0.05, 0.1) is 24.3 Å². The monoisotopic (exact) mass is 440 g/mol. The van der Waals surface area contributed by atoms with Crippen LogP contribution in [0.25, 0.3) is 0 Å². The smallest absolute Gasteiger partial charge is 0.255 e. The summed E-state index contributed by atoms with van der Waals surface area (Å²) in [5, 5.41) is 5.69. The van der Waals surface area contributed by atoms with Gasteiger partial charge in [-0.05, 0) is 37.1 Å². The van der Waals surface area contributed by atoms with Crippen LogP contribution in [0.1, 0.15) is 73.1 Å². The Morgan fingerprint density at radius 1 is 0.656 bits per heavy atom. The van der Waals surface area contributed by atoms with Gasteiger partial charge in [0.1, 0.15) is 11.5 Å². The third kappa shape index (κ3) is 8.61. The van der Waals surface area contributed by atoms with E-state index in [1.54, 1.807) is 24.3 Å². The molecule has 2 aromatic rings. The molecule has 2 aromatic carbocycles. The predicted molar refractivity (Wildman–Crippen MR) is 128 cm³/mol. The molecule has 0 heterocycles. The van der Waals surface area contributed by atoms with Crippen molar-refractivity contribution in [1.82, 2.24) is 10.6 Å². The average Bonchev–Trinajstić information content (AvgIpc) is 2.82. The molecular weight excluding hydrogens is 404 g/mol. The lowest BCUT2D eigenvalue weighted by Crippen LogP contribution is -2.35.